The van der Waals surface area contributed by atoms with Crippen LogP contribution in [0.4, 0.5) is 4.39 Å². The lowest BCUT2D eigenvalue weighted by Gasteiger charge is -2.30. The van der Waals surface area contributed by atoms with Crippen molar-refractivity contribution in [3.63, 3.8) is 0 Å². The molecule has 30 heavy (non-hydrogen) atoms. The second kappa shape index (κ2) is 6.09. The first-order valence-corrected chi connectivity index (χ1v) is 10.5. The third-order valence-corrected chi connectivity index (χ3v) is 7.35. The number of aromatic nitrogens is 2. The normalized spacial score (nSPS) is 30.8. The van der Waals surface area contributed by atoms with Crippen LogP contribution in [-0.4, -0.2) is 32.2 Å². The summed E-state index contributed by atoms with van der Waals surface area (Å²) >= 11 is 0. The van der Waals surface area contributed by atoms with Crippen molar-refractivity contribution >= 4 is 11.6 Å². The number of alkyl halides is 1. The molecule has 6 rings (SSSR count). The predicted molar refractivity (Wildman–Crippen MR) is 108 cm³/mol. The number of fused-ring (bicyclic) bond motifs is 5. The van der Waals surface area contributed by atoms with Crippen molar-refractivity contribution in [3.05, 3.63) is 49.2 Å². The molecule has 0 radical (unpaired) electrons. The molecule has 5 atom stereocenters. The summed E-state index contributed by atoms with van der Waals surface area (Å²) < 4.78 is 21.6. The van der Waals surface area contributed by atoms with Crippen LogP contribution in [0.2, 0.25) is 0 Å². The summed E-state index contributed by atoms with van der Waals surface area (Å²) in [5, 5.41) is 22.0. The van der Waals surface area contributed by atoms with Gasteiger partial charge in [0, 0.05) is 22.3 Å². The molecule has 3 unspecified atom stereocenters. The number of nitrogens with zero attached hydrogens (tertiary/aromatic N) is 2. The van der Waals surface area contributed by atoms with Gasteiger partial charge < -0.3 is 19.5 Å². The van der Waals surface area contributed by atoms with Crippen molar-refractivity contribution in [1.82, 2.24) is 9.55 Å². The van der Waals surface area contributed by atoms with Gasteiger partial charge in [-0.1, -0.05) is 19.4 Å². The number of aliphatic hydroxyl groups excluding tert-OH is 2. The van der Waals surface area contributed by atoms with Gasteiger partial charge in [0.05, 0.1) is 29.9 Å². The van der Waals surface area contributed by atoms with Gasteiger partial charge in [-0.05, 0) is 42.0 Å². The Morgan fingerprint density at radius 2 is 2.07 bits per heavy atom. The van der Waals surface area contributed by atoms with E-state index in [1.165, 1.54) is 5.56 Å². The average molecular weight is 410 g/mol. The molecule has 2 aliphatic heterocycles. The Morgan fingerprint density at radius 3 is 2.87 bits per heavy atom. The number of hydrogen-bond donors (Lipinski definition) is 2. The van der Waals surface area contributed by atoms with Gasteiger partial charge in [-0.2, -0.15) is 0 Å². The molecule has 0 amide bonds. The van der Waals surface area contributed by atoms with E-state index in [1.54, 1.807) is 16.7 Å². The molecule has 0 saturated heterocycles. The minimum atomic E-state index is -1.36. The molecular formula is C23H23FN2O4. The lowest BCUT2D eigenvalue weighted by atomic mass is 9.76. The maximum absolute atomic E-state index is 14.7. The minimum absolute atomic E-state index is 0.0387. The van der Waals surface area contributed by atoms with Crippen molar-refractivity contribution < 1.29 is 19.3 Å². The van der Waals surface area contributed by atoms with E-state index >= 15 is 0 Å². The number of hydrogen-bond acceptors (Lipinski definition) is 5. The zero-order chi connectivity index (χ0) is 20.9. The van der Waals surface area contributed by atoms with Gasteiger partial charge in [0.25, 0.3) is 5.56 Å². The Hall–Kier alpha value is -2.35. The fourth-order valence-electron chi connectivity index (χ4n) is 5.66. The molecule has 7 heteroatoms. The van der Waals surface area contributed by atoms with Crippen molar-refractivity contribution in [2.75, 3.05) is 0 Å². The quantitative estimate of drug-likeness (QED) is 0.577. The van der Waals surface area contributed by atoms with Crippen LogP contribution in [0, 0.1) is 5.92 Å². The van der Waals surface area contributed by atoms with E-state index in [2.05, 4.69) is 6.92 Å². The molecule has 0 bridgehead atoms. The molecule has 2 aromatic heterocycles. The predicted octanol–water partition coefficient (Wildman–Crippen LogP) is 0.970. The highest BCUT2D eigenvalue weighted by Gasteiger charge is 2.37. The number of pyridine rings is 2. The van der Waals surface area contributed by atoms with Crippen molar-refractivity contribution in [2.24, 2.45) is 5.92 Å². The average Bonchev–Trinajstić information content (AvgIpc) is 3.09. The van der Waals surface area contributed by atoms with Crippen LogP contribution in [0.25, 0.3) is 23.0 Å². The molecular weight excluding hydrogens is 387 g/mol. The molecule has 0 spiro atoms. The molecule has 2 aliphatic carbocycles. The van der Waals surface area contributed by atoms with E-state index in [0.29, 0.717) is 40.3 Å². The fourth-order valence-corrected chi connectivity index (χ4v) is 5.66. The van der Waals surface area contributed by atoms with Crippen LogP contribution < -0.4 is 16.1 Å². The van der Waals surface area contributed by atoms with Gasteiger partial charge in [0.15, 0.2) is 6.29 Å². The standard InChI is InChI=1S/C23H23FN2O4/c1-9-3-4-11-10(2)15(24)6-16-19(11)18(9)13-7-26-17(20(13)25-16)5-12-14(22(26)28)8-30-23(29)21(12)27/h5-6,9-10,15,21,23,27,29H,3-4,7-8H2,1-2H3/t9-,10?,15?,21+,23?/m1/s1. The van der Waals surface area contributed by atoms with Crippen molar-refractivity contribution in [3.8, 4) is 11.4 Å². The van der Waals surface area contributed by atoms with Gasteiger partial charge in [0.2, 0.25) is 0 Å². The van der Waals surface area contributed by atoms with E-state index in [-0.39, 0.29) is 18.1 Å². The van der Waals surface area contributed by atoms with Crippen LogP contribution in [0.15, 0.2) is 10.9 Å². The van der Waals surface area contributed by atoms with E-state index in [0.717, 1.165) is 29.2 Å². The summed E-state index contributed by atoms with van der Waals surface area (Å²) in [4.78, 5) is 18.0. The maximum atomic E-state index is 14.7. The second-order valence-corrected chi connectivity index (χ2v) is 8.98. The minimum Gasteiger partial charge on any atom is -0.383 e. The molecule has 6 nitrogen and oxygen atoms in total. The van der Waals surface area contributed by atoms with Gasteiger partial charge in [-0.3, -0.25) is 4.79 Å². The van der Waals surface area contributed by atoms with E-state index in [4.69, 9.17) is 9.72 Å². The zero-order valence-electron chi connectivity index (χ0n) is 16.9. The highest BCUT2D eigenvalue weighted by molar-refractivity contribution is 5.71. The number of ether oxygens (including phenoxy) is 1. The molecule has 156 valence electrons. The first-order chi connectivity index (χ1) is 14.4. The third-order valence-electron chi connectivity index (χ3n) is 7.35. The van der Waals surface area contributed by atoms with Crippen LogP contribution in [-0.2, 0) is 17.9 Å². The van der Waals surface area contributed by atoms with E-state index < -0.39 is 18.6 Å². The summed E-state index contributed by atoms with van der Waals surface area (Å²) in [6.07, 6.45) is -0.279. The second-order valence-electron chi connectivity index (χ2n) is 8.98. The Labute approximate surface area is 172 Å². The van der Waals surface area contributed by atoms with Crippen molar-refractivity contribution in [2.45, 2.75) is 64.3 Å². The SMILES string of the molecule is CC1C2=c3c(c4c(nc3=CC1F)-c1cc3c(c(=O)n1C4)COC(O)[C@H]3O)[C@H](C)CC2. The number of halogens is 1. The van der Waals surface area contributed by atoms with Crippen LogP contribution in [0.5, 0.6) is 0 Å². The highest BCUT2D eigenvalue weighted by atomic mass is 19.1. The van der Waals surface area contributed by atoms with Crippen LogP contribution in [0.1, 0.15) is 61.0 Å². The van der Waals surface area contributed by atoms with E-state index in [1.807, 2.05) is 6.92 Å². The van der Waals surface area contributed by atoms with Gasteiger partial charge in [-0.15, -0.1) is 0 Å². The monoisotopic (exact) mass is 410 g/mol. The summed E-state index contributed by atoms with van der Waals surface area (Å²) in [7, 11) is 0. The molecule has 2 N–H and O–H groups in total. The Balaban J connectivity index is 1.68. The van der Waals surface area contributed by atoms with E-state index in [9.17, 15) is 19.4 Å². The van der Waals surface area contributed by atoms with Gasteiger partial charge in [0.1, 0.15) is 12.3 Å². The largest absolute Gasteiger partial charge is 0.383 e. The summed E-state index contributed by atoms with van der Waals surface area (Å²) in [5.41, 5.74) is 5.16. The third kappa shape index (κ3) is 2.23. The summed E-state index contributed by atoms with van der Waals surface area (Å²) in [6.45, 7) is 4.50. The Morgan fingerprint density at radius 1 is 1.27 bits per heavy atom. The van der Waals surface area contributed by atoms with Crippen LogP contribution in [0.3, 0.4) is 0 Å². The molecule has 2 aromatic rings. The summed E-state index contributed by atoms with van der Waals surface area (Å²) in [6, 6.07) is 1.74. The first kappa shape index (κ1) is 18.4. The lowest BCUT2D eigenvalue weighted by molar-refractivity contribution is -0.181. The molecule has 4 aliphatic rings. The lowest BCUT2D eigenvalue weighted by Crippen LogP contribution is -2.44. The topological polar surface area (TPSA) is 84.6 Å². The molecule has 0 fully saturated rings. The maximum Gasteiger partial charge on any atom is 0.257 e. The number of rotatable bonds is 0. The Bertz CT molecular complexity index is 1300. The van der Waals surface area contributed by atoms with Crippen LogP contribution >= 0.6 is 0 Å². The fraction of sp³-hybridized carbons (Fsp3) is 0.478. The zero-order valence-corrected chi connectivity index (χ0v) is 16.9. The number of aliphatic hydroxyl groups is 2. The van der Waals surface area contributed by atoms with Gasteiger partial charge in [-0.25, -0.2) is 9.37 Å². The molecule has 0 saturated carbocycles. The molecule has 0 aromatic carbocycles. The smallest absolute Gasteiger partial charge is 0.257 e. The van der Waals surface area contributed by atoms with Crippen molar-refractivity contribution in [1.29, 1.82) is 0 Å². The summed E-state index contributed by atoms with van der Waals surface area (Å²) in [5.74, 6) is 0.141. The molecule has 4 heterocycles. The highest BCUT2D eigenvalue weighted by Crippen LogP contribution is 2.40. The first-order valence-electron chi connectivity index (χ1n) is 10.5. The Kier molecular flexibility index (Phi) is 3.74. The van der Waals surface area contributed by atoms with Gasteiger partial charge >= 0.3 is 0 Å².